The molecule has 2 unspecified atom stereocenters. The Labute approximate surface area is 164 Å². The minimum absolute atomic E-state index is 0.0394. The first-order valence-corrected chi connectivity index (χ1v) is 9.55. The molecule has 7 nitrogen and oxygen atoms in total. The number of pyridine rings is 1. The summed E-state index contributed by atoms with van der Waals surface area (Å²) >= 11 is 0. The Morgan fingerprint density at radius 3 is 2.82 bits per heavy atom. The summed E-state index contributed by atoms with van der Waals surface area (Å²) in [5, 5.41) is 4.92. The number of aromatic nitrogens is 1. The van der Waals surface area contributed by atoms with Crippen molar-refractivity contribution in [1.82, 2.24) is 9.88 Å². The summed E-state index contributed by atoms with van der Waals surface area (Å²) in [6.45, 7) is 1.82. The van der Waals surface area contributed by atoms with Gasteiger partial charge in [-0.15, -0.1) is 0 Å². The van der Waals surface area contributed by atoms with Gasteiger partial charge in [-0.05, 0) is 35.9 Å². The standard InChI is InChI=1S/C21H25N5O2/c1-23-9-17(8-22)14-2-3-15-10-24-20(7-16(15)6-14)25-21(27)11-26-18-4-5-19(26)13-28-12-18/h2-3,6-10,18-19H,4-5,11-13,22H2,1H3,(H,24,25,27). The van der Waals surface area contributed by atoms with E-state index in [0.717, 1.165) is 48.0 Å². The molecular weight excluding hydrogens is 354 g/mol. The number of amides is 1. The van der Waals surface area contributed by atoms with Crippen molar-refractivity contribution in [2.75, 3.05) is 32.1 Å². The second-order valence-corrected chi connectivity index (χ2v) is 7.28. The zero-order valence-corrected chi connectivity index (χ0v) is 16.0. The molecule has 2 saturated heterocycles. The zero-order chi connectivity index (χ0) is 19.5. The Hall–Kier alpha value is -2.77. The molecule has 2 aliphatic heterocycles. The van der Waals surface area contributed by atoms with Crippen LogP contribution in [-0.4, -0.2) is 60.9 Å². The van der Waals surface area contributed by atoms with Crippen molar-refractivity contribution >= 4 is 34.3 Å². The van der Waals surface area contributed by atoms with Crippen LogP contribution >= 0.6 is 0 Å². The van der Waals surface area contributed by atoms with Gasteiger partial charge in [-0.3, -0.25) is 14.7 Å². The highest BCUT2D eigenvalue weighted by atomic mass is 16.5. The van der Waals surface area contributed by atoms with Gasteiger partial charge in [0.05, 0.1) is 19.8 Å². The highest BCUT2D eigenvalue weighted by Crippen LogP contribution is 2.28. The second kappa shape index (κ2) is 8.08. The van der Waals surface area contributed by atoms with Crippen molar-refractivity contribution in [2.24, 2.45) is 10.7 Å². The molecule has 1 aromatic carbocycles. The van der Waals surface area contributed by atoms with Crippen LogP contribution in [0, 0.1) is 0 Å². The van der Waals surface area contributed by atoms with Crippen molar-refractivity contribution < 1.29 is 9.53 Å². The van der Waals surface area contributed by atoms with Gasteiger partial charge in [0.25, 0.3) is 0 Å². The van der Waals surface area contributed by atoms with Crippen LogP contribution in [0.25, 0.3) is 16.3 Å². The number of nitrogens with two attached hydrogens (primary N) is 1. The Morgan fingerprint density at radius 1 is 1.32 bits per heavy atom. The summed E-state index contributed by atoms with van der Waals surface area (Å²) in [7, 11) is 1.71. The van der Waals surface area contributed by atoms with E-state index in [1.807, 2.05) is 24.3 Å². The van der Waals surface area contributed by atoms with Gasteiger partial charge in [0.1, 0.15) is 5.82 Å². The van der Waals surface area contributed by atoms with Crippen molar-refractivity contribution in [2.45, 2.75) is 24.9 Å². The molecule has 7 heteroatoms. The molecule has 2 aliphatic rings. The van der Waals surface area contributed by atoms with Gasteiger partial charge in [-0.1, -0.05) is 12.1 Å². The van der Waals surface area contributed by atoms with Gasteiger partial charge in [0.2, 0.25) is 5.91 Å². The molecule has 0 spiro atoms. The number of morpholine rings is 1. The van der Waals surface area contributed by atoms with Crippen LogP contribution in [-0.2, 0) is 9.53 Å². The molecule has 0 saturated carbocycles. The molecule has 2 bridgehead atoms. The largest absolute Gasteiger partial charge is 0.404 e. The minimum atomic E-state index is -0.0394. The third-order valence-corrected chi connectivity index (χ3v) is 5.49. The molecular formula is C21H25N5O2. The number of rotatable bonds is 5. The average molecular weight is 379 g/mol. The van der Waals surface area contributed by atoms with E-state index >= 15 is 0 Å². The van der Waals surface area contributed by atoms with Gasteiger partial charge in [0, 0.05) is 48.7 Å². The third-order valence-electron chi connectivity index (χ3n) is 5.49. The lowest BCUT2D eigenvalue weighted by Gasteiger charge is -2.33. The van der Waals surface area contributed by atoms with Crippen LogP contribution in [0.2, 0.25) is 0 Å². The lowest BCUT2D eigenvalue weighted by Crippen LogP contribution is -2.48. The van der Waals surface area contributed by atoms with Crippen LogP contribution in [0.15, 0.2) is 41.7 Å². The number of carbonyl (C=O) groups excluding carboxylic acids is 1. The highest BCUT2D eigenvalue weighted by Gasteiger charge is 2.38. The number of hydrogen-bond donors (Lipinski definition) is 2. The number of anilines is 1. The van der Waals surface area contributed by atoms with Gasteiger partial charge < -0.3 is 15.8 Å². The van der Waals surface area contributed by atoms with E-state index in [4.69, 9.17) is 10.5 Å². The van der Waals surface area contributed by atoms with E-state index in [9.17, 15) is 4.79 Å². The van der Waals surface area contributed by atoms with Crippen LogP contribution in [0.4, 0.5) is 5.82 Å². The summed E-state index contributed by atoms with van der Waals surface area (Å²) in [6.07, 6.45) is 7.24. The molecule has 2 fully saturated rings. The maximum absolute atomic E-state index is 12.6. The van der Waals surface area contributed by atoms with Crippen LogP contribution < -0.4 is 11.1 Å². The molecule has 1 aromatic heterocycles. The first kappa shape index (κ1) is 18.6. The average Bonchev–Trinajstić information content (AvgIpc) is 2.91. The zero-order valence-electron chi connectivity index (χ0n) is 16.0. The molecule has 0 aliphatic carbocycles. The summed E-state index contributed by atoms with van der Waals surface area (Å²) in [6, 6.07) is 8.60. The molecule has 0 radical (unpaired) electrons. The Morgan fingerprint density at radius 2 is 2.11 bits per heavy atom. The molecule has 3 N–H and O–H groups in total. The fraction of sp³-hybridized carbons (Fsp3) is 0.381. The molecule has 2 atom stereocenters. The maximum Gasteiger partial charge on any atom is 0.239 e. The number of carbonyl (C=O) groups is 1. The topological polar surface area (TPSA) is 92.8 Å². The summed E-state index contributed by atoms with van der Waals surface area (Å²) in [5.41, 5.74) is 7.52. The lowest BCUT2D eigenvalue weighted by molar-refractivity contribution is -0.120. The van der Waals surface area contributed by atoms with E-state index in [0.29, 0.717) is 24.4 Å². The molecule has 28 heavy (non-hydrogen) atoms. The van der Waals surface area contributed by atoms with Crippen LogP contribution in [0.3, 0.4) is 0 Å². The van der Waals surface area contributed by atoms with E-state index in [1.54, 1.807) is 19.5 Å². The van der Waals surface area contributed by atoms with Gasteiger partial charge in [0.15, 0.2) is 0 Å². The quantitative estimate of drug-likeness (QED) is 0.776. The fourth-order valence-corrected chi connectivity index (χ4v) is 4.06. The Kier molecular flexibility index (Phi) is 5.36. The maximum atomic E-state index is 12.6. The molecule has 146 valence electrons. The van der Waals surface area contributed by atoms with Gasteiger partial charge >= 0.3 is 0 Å². The van der Waals surface area contributed by atoms with Gasteiger partial charge in [-0.2, -0.15) is 0 Å². The Bertz CT molecular complexity index is 924. The van der Waals surface area contributed by atoms with Crippen molar-refractivity contribution in [1.29, 1.82) is 0 Å². The monoisotopic (exact) mass is 379 g/mol. The number of nitrogens with zero attached hydrogens (tertiary/aromatic N) is 3. The van der Waals surface area contributed by atoms with Crippen LogP contribution in [0.1, 0.15) is 18.4 Å². The Balaban J connectivity index is 1.50. The molecule has 1 amide bonds. The summed E-state index contributed by atoms with van der Waals surface area (Å²) in [5.74, 6) is 0.514. The number of allylic oxidation sites excluding steroid dienone is 1. The first-order valence-electron chi connectivity index (χ1n) is 9.55. The number of nitrogens with one attached hydrogen (secondary N) is 1. The summed E-state index contributed by atoms with van der Waals surface area (Å²) < 4.78 is 5.58. The predicted molar refractivity (Wildman–Crippen MR) is 111 cm³/mol. The number of benzene rings is 1. The van der Waals surface area contributed by atoms with E-state index < -0.39 is 0 Å². The number of ether oxygens (including phenoxy) is 1. The highest BCUT2D eigenvalue weighted by molar-refractivity contribution is 6.10. The second-order valence-electron chi connectivity index (χ2n) is 7.28. The molecule has 2 aromatic rings. The van der Waals surface area contributed by atoms with E-state index in [1.165, 1.54) is 6.20 Å². The third kappa shape index (κ3) is 3.76. The van der Waals surface area contributed by atoms with Gasteiger partial charge in [-0.25, -0.2) is 4.98 Å². The fourth-order valence-electron chi connectivity index (χ4n) is 4.06. The minimum Gasteiger partial charge on any atom is -0.404 e. The molecule has 3 heterocycles. The van der Waals surface area contributed by atoms with E-state index in [2.05, 4.69) is 20.2 Å². The smallest absolute Gasteiger partial charge is 0.239 e. The molecule has 4 rings (SSSR count). The van der Waals surface area contributed by atoms with Crippen molar-refractivity contribution in [3.05, 3.63) is 42.2 Å². The van der Waals surface area contributed by atoms with E-state index in [-0.39, 0.29) is 5.91 Å². The predicted octanol–water partition coefficient (Wildman–Crippen LogP) is 2.04. The number of aliphatic imine (C=N–C) groups is 1. The normalized spacial score (nSPS) is 22.8. The first-order chi connectivity index (χ1) is 13.7. The SMILES string of the molecule is CN=CC(=CN)c1ccc2cnc(NC(=O)CN3C4CCC3COC4)cc2c1. The summed E-state index contributed by atoms with van der Waals surface area (Å²) in [4.78, 5) is 23.3. The lowest BCUT2D eigenvalue weighted by atomic mass is 10.0. The number of fused-ring (bicyclic) bond motifs is 3. The van der Waals surface area contributed by atoms with Crippen molar-refractivity contribution in [3.63, 3.8) is 0 Å². The van der Waals surface area contributed by atoms with Crippen LogP contribution in [0.5, 0.6) is 0 Å². The van der Waals surface area contributed by atoms with Crippen molar-refractivity contribution in [3.8, 4) is 0 Å². The number of hydrogen-bond acceptors (Lipinski definition) is 6.